The van der Waals surface area contributed by atoms with Crippen LogP contribution in [0.2, 0.25) is 0 Å². The van der Waals surface area contributed by atoms with E-state index in [4.69, 9.17) is 4.74 Å². The summed E-state index contributed by atoms with van der Waals surface area (Å²) < 4.78 is 5.07. The van der Waals surface area contributed by atoms with Gasteiger partial charge in [0.05, 0.1) is 6.54 Å². The lowest BCUT2D eigenvalue weighted by Gasteiger charge is -2.19. The number of H-pyrrole nitrogens is 1. The van der Waals surface area contributed by atoms with Gasteiger partial charge in [0, 0.05) is 11.8 Å². The molecule has 0 saturated carbocycles. The largest absolute Gasteiger partial charge is 0.444 e. The van der Waals surface area contributed by atoms with E-state index >= 15 is 0 Å². The van der Waals surface area contributed by atoms with E-state index in [9.17, 15) is 9.59 Å². The van der Waals surface area contributed by atoms with Crippen LogP contribution in [0.1, 0.15) is 31.9 Å². The molecule has 0 bridgehead atoms. The molecule has 5 nitrogen and oxygen atoms in total. The number of nitrogens with one attached hydrogen (secondary N) is 2. The minimum absolute atomic E-state index is 0.159. The molecule has 0 saturated heterocycles. The lowest BCUT2D eigenvalue weighted by atomic mass is 10.2. The molecule has 0 unspecified atom stereocenters. The van der Waals surface area contributed by atoms with Gasteiger partial charge in [0.15, 0.2) is 0 Å². The second kappa shape index (κ2) is 5.03. The minimum atomic E-state index is -0.539. The maximum absolute atomic E-state index is 11.4. The van der Waals surface area contributed by atoms with E-state index < -0.39 is 11.7 Å². The highest BCUT2D eigenvalue weighted by atomic mass is 16.6. The molecule has 1 aromatic heterocycles. The molecule has 0 aliphatic rings. The second-order valence-corrected chi connectivity index (χ2v) is 4.89. The van der Waals surface area contributed by atoms with Crippen LogP contribution in [0.4, 0.5) is 4.79 Å². The van der Waals surface area contributed by atoms with E-state index in [1.807, 2.05) is 6.92 Å². The molecule has 0 aliphatic heterocycles. The number of rotatable bonds is 2. The average Bonchev–Trinajstić information content (AvgIpc) is 2.17. The molecule has 94 valence electrons. The molecule has 0 spiro atoms. The van der Waals surface area contributed by atoms with Crippen molar-refractivity contribution in [3.05, 3.63) is 33.7 Å². The predicted molar refractivity (Wildman–Crippen MR) is 64.9 cm³/mol. The summed E-state index contributed by atoms with van der Waals surface area (Å²) in [5.41, 5.74) is 0.705. The van der Waals surface area contributed by atoms with Gasteiger partial charge in [-0.25, -0.2) is 4.79 Å². The molecule has 1 heterocycles. The number of aromatic nitrogens is 1. The summed E-state index contributed by atoms with van der Waals surface area (Å²) in [4.78, 5) is 25.4. The highest BCUT2D eigenvalue weighted by Gasteiger charge is 2.15. The summed E-state index contributed by atoms with van der Waals surface area (Å²) in [5.74, 6) is 0. The van der Waals surface area contributed by atoms with Crippen molar-refractivity contribution < 1.29 is 9.53 Å². The molecule has 0 aliphatic carbocycles. The first kappa shape index (κ1) is 13.3. The summed E-state index contributed by atoms with van der Waals surface area (Å²) in [6.07, 6.45) is 1.10. The molecule has 2 N–H and O–H groups in total. The van der Waals surface area contributed by atoms with Crippen molar-refractivity contribution >= 4 is 6.09 Å². The Kier molecular flexibility index (Phi) is 3.93. The van der Waals surface area contributed by atoms with Crippen molar-refractivity contribution in [1.82, 2.24) is 10.3 Å². The van der Waals surface area contributed by atoms with Gasteiger partial charge in [0.25, 0.3) is 5.56 Å². The number of aromatic amines is 1. The number of pyridine rings is 1. The monoisotopic (exact) mass is 238 g/mol. The number of ether oxygens (including phenoxy) is 1. The zero-order chi connectivity index (χ0) is 13.1. The van der Waals surface area contributed by atoms with Crippen molar-refractivity contribution in [2.75, 3.05) is 0 Å². The first-order valence-corrected chi connectivity index (χ1v) is 5.43. The van der Waals surface area contributed by atoms with Gasteiger partial charge in [0.1, 0.15) is 5.60 Å². The number of alkyl carbamates (subject to hydrolysis) is 1. The third-order valence-corrected chi connectivity index (χ3v) is 1.95. The Hall–Kier alpha value is -1.78. The van der Waals surface area contributed by atoms with Gasteiger partial charge in [-0.15, -0.1) is 0 Å². The third-order valence-electron chi connectivity index (χ3n) is 1.95. The Labute approximate surface area is 100 Å². The molecule has 1 rings (SSSR count). The van der Waals surface area contributed by atoms with Crippen molar-refractivity contribution in [2.24, 2.45) is 0 Å². The fraction of sp³-hybridized carbons (Fsp3) is 0.500. The van der Waals surface area contributed by atoms with Gasteiger partial charge in [-0.3, -0.25) is 4.79 Å². The van der Waals surface area contributed by atoms with E-state index in [0.717, 1.165) is 5.56 Å². The maximum Gasteiger partial charge on any atom is 0.407 e. The molecule has 0 fully saturated rings. The summed E-state index contributed by atoms with van der Waals surface area (Å²) in [6.45, 7) is 7.38. The summed E-state index contributed by atoms with van der Waals surface area (Å²) in [5, 5.41) is 2.54. The molecule has 17 heavy (non-hydrogen) atoms. The first-order chi connectivity index (χ1) is 7.78. The van der Waals surface area contributed by atoms with Crippen LogP contribution in [-0.2, 0) is 11.3 Å². The van der Waals surface area contributed by atoms with Gasteiger partial charge >= 0.3 is 6.09 Å². The lowest BCUT2D eigenvalue weighted by molar-refractivity contribution is 0.0523. The van der Waals surface area contributed by atoms with Crippen LogP contribution in [0.25, 0.3) is 0 Å². The smallest absolute Gasteiger partial charge is 0.407 e. The fourth-order valence-corrected chi connectivity index (χ4v) is 1.27. The van der Waals surface area contributed by atoms with E-state index in [2.05, 4.69) is 10.3 Å². The van der Waals surface area contributed by atoms with Gasteiger partial charge < -0.3 is 15.0 Å². The molecule has 5 heteroatoms. The number of aryl methyl sites for hydroxylation is 1. The number of carbonyl (C=O) groups is 1. The van der Waals surface area contributed by atoms with Gasteiger partial charge in [-0.1, -0.05) is 0 Å². The van der Waals surface area contributed by atoms with Crippen molar-refractivity contribution in [1.29, 1.82) is 0 Å². The molecule has 1 aromatic rings. The van der Waals surface area contributed by atoms with E-state index in [0.29, 0.717) is 5.56 Å². The Morgan fingerprint density at radius 2 is 2.12 bits per heavy atom. The number of hydrogen-bond acceptors (Lipinski definition) is 3. The highest BCUT2D eigenvalue weighted by molar-refractivity contribution is 5.67. The number of amides is 1. The zero-order valence-corrected chi connectivity index (χ0v) is 10.6. The molecule has 0 aromatic carbocycles. The Morgan fingerprint density at radius 3 is 2.71 bits per heavy atom. The summed E-state index contributed by atoms with van der Waals surface area (Å²) >= 11 is 0. The fourth-order valence-electron chi connectivity index (χ4n) is 1.27. The van der Waals surface area contributed by atoms with Crippen LogP contribution in [0.3, 0.4) is 0 Å². The number of carbonyl (C=O) groups excluding carboxylic acids is 1. The third kappa shape index (κ3) is 4.72. The Balaban J connectivity index is 2.59. The maximum atomic E-state index is 11.4. The van der Waals surface area contributed by atoms with Crippen LogP contribution < -0.4 is 10.9 Å². The zero-order valence-electron chi connectivity index (χ0n) is 10.6. The topological polar surface area (TPSA) is 71.2 Å². The SMILES string of the molecule is Cc1c[nH]c(=O)c(CNC(=O)OC(C)(C)C)c1. The molecule has 1 amide bonds. The van der Waals surface area contributed by atoms with Crippen molar-refractivity contribution in [3.8, 4) is 0 Å². The van der Waals surface area contributed by atoms with Gasteiger partial charge in [-0.05, 0) is 39.3 Å². The molecule has 0 atom stereocenters. The quantitative estimate of drug-likeness (QED) is 0.823. The number of hydrogen-bond donors (Lipinski definition) is 2. The Morgan fingerprint density at radius 1 is 1.47 bits per heavy atom. The van der Waals surface area contributed by atoms with Crippen molar-refractivity contribution in [3.63, 3.8) is 0 Å². The summed E-state index contributed by atoms with van der Waals surface area (Å²) in [7, 11) is 0. The second-order valence-electron chi connectivity index (χ2n) is 4.89. The van der Waals surface area contributed by atoms with Crippen LogP contribution in [0.15, 0.2) is 17.1 Å². The Bertz CT molecular complexity index is 458. The average molecular weight is 238 g/mol. The van der Waals surface area contributed by atoms with Crippen LogP contribution in [-0.4, -0.2) is 16.7 Å². The van der Waals surface area contributed by atoms with Gasteiger partial charge in [0.2, 0.25) is 0 Å². The van der Waals surface area contributed by atoms with E-state index in [1.54, 1.807) is 33.0 Å². The minimum Gasteiger partial charge on any atom is -0.444 e. The summed E-state index contributed by atoms with van der Waals surface area (Å²) in [6, 6.07) is 1.73. The molecular weight excluding hydrogens is 220 g/mol. The van der Waals surface area contributed by atoms with E-state index in [-0.39, 0.29) is 12.1 Å². The highest BCUT2D eigenvalue weighted by Crippen LogP contribution is 2.06. The predicted octanol–water partition coefficient (Wildman–Crippen LogP) is 1.71. The van der Waals surface area contributed by atoms with Crippen LogP contribution in [0.5, 0.6) is 0 Å². The van der Waals surface area contributed by atoms with Crippen LogP contribution in [0, 0.1) is 6.92 Å². The lowest BCUT2D eigenvalue weighted by Crippen LogP contribution is -2.33. The standard InChI is InChI=1S/C12H18N2O3/c1-8-5-9(10(15)13-6-8)7-14-11(16)17-12(2,3)4/h5-6H,7H2,1-4H3,(H,13,15)(H,14,16). The first-order valence-electron chi connectivity index (χ1n) is 5.43. The van der Waals surface area contributed by atoms with Crippen LogP contribution >= 0.6 is 0 Å². The molecule has 0 radical (unpaired) electrons. The van der Waals surface area contributed by atoms with Crippen molar-refractivity contribution in [2.45, 2.75) is 39.8 Å². The molecular formula is C12H18N2O3. The normalized spacial score (nSPS) is 11.1. The van der Waals surface area contributed by atoms with Gasteiger partial charge in [-0.2, -0.15) is 0 Å². The van der Waals surface area contributed by atoms with E-state index in [1.165, 1.54) is 0 Å².